The van der Waals surface area contributed by atoms with Crippen molar-refractivity contribution in [2.45, 2.75) is 6.92 Å². The SMILES string of the molecule is Cc1cc(F)ccc1C(=O)c1sc2cc(O)ccc2c1Oc1ccc(NC(=O)OC=O)cc1. The van der Waals surface area contributed by atoms with E-state index in [0.717, 1.165) is 11.3 Å². The number of nitrogens with one attached hydrogen (secondary N) is 1. The highest BCUT2D eigenvalue weighted by molar-refractivity contribution is 7.21. The third-order valence-corrected chi connectivity index (χ3v) is 5.88. The smallest absolute Gasteiger partial charge is 0.419 e. The Kier molecular flexibility index (Phi) is 6.05. The Bertz CT molecular complexity index is 1380. The Morgan fingerprint density at radius 2 is 1.82 bits per heavy atom. The van der Waals surface area contributed by atoms with E-state index in [2.05, 4.69) is 10.1 Å². The molecule has 1 heterocycles. The van der Waals surface area contributed by atoms with Gasteiger partial charge in [-0.05, 0) is 73.2 Å². The van der Waals surface area contributed by atoms with Crippen molar-refractivity contribution in [2.24, 2.45) is 0 Å². The number of thiophene rings is 1. The molecule has 33 heavy (non-hydrogen) atoms. The first-order valence-electron chi connectivity index (χ1n) is 9.61. The number of ketones is 1. The van der Waals surface area contributed by atoms with E-state index >= 15 is 0 Å². The molecule has 1 aromatic heterocycles. The number of aromatic hydroxyl groups is 1. The summed E-state index contributed by atoms with van der Waals surface area (Å²) in [6.07, 6.45) is -0.926. The van der Waals surface area contributed by atoms with Crippen molar-refractivity contribution in [3.8, 4) is 17.2 Å². The largest absolute Gasteiger partial charge is 0.508 e. The summed E-state index contributed by atoms with van der Waals surface area (Å²) in [6, 6.07) is 14.8. The Hall–Kier alpha value is -4.24. The van der Waals surface area contributed by atoms with E-state index in [-0.39, 0.29) is 18.0 Å². The number of fused-ring (bicyclic) bond motifs is 1. The molecule has 0 radical (unpaired) electrons. The Balaban J connectivity index is 1.71. The Morgan fingerprint density at radius 3 is 2.52 bits per heavy atom. The molecule has 0 fully saturated rings. The van der Waals surface area contributed by atoms with Crippen LogP contribution in [0.2, 0.25) is 0 Å². The number of benzene rings is 3. The Morgan fingerprint density at radius 1 is 1.06 bits per heavy atom. The molecule has 0 bridgehead atoms. The number of amides is 1. The number of aryl methyl sites for hydroxylation is 1. The first kappa shape index (κ1) is 22.0. The molecule has 0 spiro atoms. The maximum absolute atomic E-state index is 13.5. The highest BCUT2D eigenvalue weighted by atomic mass is 32.1. The number of anilines is 1. The van der Waals surface area contributed by atoms with Crippen molar-refractivity contribution in [1.29, 1.82) is 0 Å². The number of ether oxygens (including phenoxy) is 2. The summed E-state index contributed by atoms with van der Waals surface area (Å²) in [5, 5.41) is 12.9. The van der Waals surface area contributed by atoms with Gasteiger partial charge in [-0.1, -0.05) is 0 Å². The molecular weight excluding hydrogens is 449 g/mol. The highest BCUT2D eigenvalue weighted by Gasteiger charge is 2.23. The quantitative estimate of drug-likeness (QED) is 0.213. The molecule has 0 saturated carbocycles. The van der Waals surface area contributed by atoms with Crippen molar-refractivity contribution in [3.05, 3.63) is 82.5 Å². The van der Waals surface area contributed by atoms with E-state index in [1.165, 1.54) is 42.5 Å². The molecule has 166 valence electrons. The maximum atomic E-state index is 13.5. The Labute approximate surface area is 191 Å². The van der Waals surface area contributed by atoms with Crippen LogP contribution >= 0.6 is 11.3 Å². The van der Waals surface area contributed by atoms with E-state index in [9.17, 15) is 23.9 Å². The number of phenols is 1. The lowest BCUT2D eigenvalue weighted by Gasteiger charge is -2.10. The van der Waals surface area contributed by atoms with Crippen LogP contribution in [0.4, 0.5) is 14.9 Å². The topological polar surface area (TPSA) is 102 Å². The summed E-state index contributed by atoms with van der Waals surface area (Å²) in [4.78, 5) is 35.2. The summed E-state index contributed by atoms with van der Waals surface area (Å²) in [5.74, 6) is -0.0535. The van der Waals surface area contributed by atoms with Crippen LogP contribution in [-0.2, 0) is 9.53 Å². The van der Waals surface area contributed by atoms with Crippen LogP contribution in [0.5, 0.6) is 17.2 Å². The van der Waals surface area contributed by atoms with E-state index in [4.69, 9.17) is 4.74 Å². The fraction of sp³-hybridized carbons (Fsp3) is 0.0417. The molecular formula is C24H16FNO6S. The maximum Gasteiger partial charge on any atom is 0.419 e. The molecule has 0 atom stereocenters. The first-order chi connectivity index (χ1) is 15.9. The second kappa shape index (κ2) is 9.09. The van der Waals surface area contributed by atoms with Crippen molar-refractivity contribution in [2.75, 3.05) is 5.32 Å². The molecule has 0 saturated heterocycles. The number of phenolic OH excluding ortho intramolecular Hbond substituents is 1. The summed E-state index contributed by atoms with van der Waals surface area (Å²) in [5.41, 5.74) is 1.20. The van der Waals surface area contributed by atoms with Gasteiger partial charge in [0.25, 0.3) is 0 Å². The lowest BCUT2D eigenvalue weighted by atomic mass is 10.0. The average molecular weight is 465 g/mol. The lowest BCUT2D eigenvalue weighted by Crippen LogP contribution is -2.12. The van der Waals surface area contributed by atoms with E-state index in [1.807, 2.05) is 0 Å². The molecule has 4 rings (SSSR count). The number of carbonyl (C=O) groups is 3. The number of rotatable bonds is 6. The molecule has 9 heteroatoms. The minimum atomic E-state index is -0.926. The second-order valence-electron chi connectivity index (χ2n) is 6.98. The van der Waals surface area contributed by atoms with Crippen LogP contribution in [-0.4, -0.2) is 23.5 Å². The van der Waals surface area contributed by atoms with Gasteiger partial charge in [-0.25, -0.2) is 9.18 Å². The molecule has 0 unspecified atom stereocenters. The summed E-state index contributed by atoms with van der Waals surface area (Å²) < 4.78 is 24.4. The van der Waals surface area contributed by atoms with Gasteiger partial charge in [0.05, 0.1) is 0 Å². The fourth-order valence-electron chi connectivity index (χ4n) is 3.23. The first-order valence-corrected chi connectivity index (χ1v) is 10.4. The van der Waals surface area contributed by atoms with E-state index in [1.54, 1.807) is 25.1 Å². The second-order valence-corrected chi connectivity index (χ2v) is 8.03. The minimum Gasteiger partial charge on any atom is -0.508 e. The lowest BCUT2D eigenvalue weighted by molar-refractivity contribution is -0.122. The van der Waals surface area contributed by atoms with Crippen LogP contribution in [0.25, 0.3) is 10.1 Å². The van der Waals surface area contributed by atoms with Crippen molar-refractivity contribution in [3.63, 3.8) is 0 Å². The monoisotopic (exact) mass is 465 g/mol. The normalized spacial score (nSPS) is 10.6. The summed E-state index contributed by atoms with van der Waals surface area (Å²) in [7, 11) is 0. The molecule has 0 aliphatic carbocycles. The number of hydrogen-bond acceptors (Lipinski definition) is 7. The molecule has 7 nitrogen and oxygen atoms in total. The van der Waals surface area contributed by atoms with Gasteiger partial charge in [0.15, 0.2) is 5.75 Å². The molecule has 0 aliphatic rings. The standard InChI is InChI=1S/C24H16FNO6S/c1-13-10-14(25)2-8-18(13)21(29)23-22(19-9-5-16(28)11-20(19)33-23)32-17-6-3-15(4-7-17)26-24(30)31-12-27/h2-12,28H,1H3,(H,26,30). The van der Waals surface area contributed by atoms with Gasteiger partial charge in [-0.2, -0.15) is 0 Å². The highest BCUT2D eigenvalue weighted by Crippen LogP contribution is 2.43. The zero-order valence-electron chi connectivity index (χ0n) is 17.1. The summed E-state index contributed by atoms with van der Waals surface area (Å²) >= 11 is 1.16. The molecule has 2 N–H and O–H groups in total. The number of hydrogen-bond donors (Lipinski definition) is 2. The van der Waals surface area contributed by atoms with Crippen molar-refractivity contribution < 1.29 is 33.4 Å². The van der Waals surface area contributed by atoms with Gasteiger partial charge in [0.1, 0.15) is 22.2 Å². The third kappa shape index (κ3) is 4.68. The van der Waals surface area contributed by atoms with E-state index in [0.29, 0.717) is 43.3 Å². The third-order valence-electron chi connectivity index (χ3n) is 4.74. The molecule has 1 amide bonds. The van der Waals surface area contributed by atoms with Gasteiger partial charge in [-0.3, -0.25) is 14.9 Å². The van der Waals surface area contributed by atoms with Gasteiger partial charge in [-0.15, -0.1) is 11.3 Å². The van der Waals surface area contributed by atoms with Gasteiger partial charge >= 0.3 is 12.6 Å². The van der Waals surface area contributed by atoms with Crippen molar-refractivity contribution in [1.82, 2.24) is 0 Å². The summed E-state index contributed by atoms with van der Waals surface area (Å²) in [6.45, 7) is 1.67. The van der Waals surface area contributed by atoms with Gasteiger partial charge < -0.3 is 14.6 Å². The number of carbonyl (C=O) groups excluding carboxylic acids is 3. The zero-order valence-corrected chi connectivity index (χ0v) is 17.9. The average Bonchev–Trinajstić information content (AvgIpc) is 3.12. The predicted octanol–water partition coefficient (Wildman–Crippen LogP) is 5.78. The van der Waals surface area contributed by atoms with E-state index < -0.39 is 11.9 Å². The van der Waals surface area contributed by atoms with Crippen molar-refractivity contribution >= 4 is 45.5 Å². The molecule has 4 aromatic rings. The van der Waals surface area contributed by atoms with Crippen LogP contribution in [0.3, 0.4) is 0 Å². The van der Waals surface area contributed by atoms with Gasteiger partial charge in [0, 0.05) is 21.3 Å². The fourth-order valence-corrected chi connectivity index (χ4v) is 4.35. The van der Waals surface area contributed by atoms with Gasteiger partial charge in [0.2, 0.25) is 5.78 Å². The van der Waals surface area contributed by atoms with Crippen LogP contribution in [0.15, 0.2) is 60.7 Å². The van der Waals surface area contributed by atoms with Crippen LogP contribution in [0.1, 0.15) is 20.8 Å². The number of halogens is 1. The van der Waals surface area contributed by atoms with Crippen LogP contribution in [0, 0.1) is 12.7 Å². The minimum absolute atomic E-state index is 0.0215. The molecule has 3 aromatic carbocycles. The molecule has 0 aliphatic heterocycles. The zero-order chi connectivity index (χ0) is 23.5. The van der Waals surface area contributed by atoms with Crippen LogP contribution < -0.4 is 10.1 Å². The predicted molar refractivity (Wildman–Crippen MR) is 121 cm³/mol.